The van der Waals surface area contributed by atoms with Crippen LogP contribution in [0.4, 0.5) is 5.69 Å². The summed E-state index contributed by atoms with van der Waals surface area (Å²) in [6.07, 6.45) is 3.73. The molecule has 0 aromatic heterocycles. The van der Waals surface area contributed by atoms with Crippen LogP contribution in [0, 0.1) is 0 Å². The zero-order valence-corrected chi connectivity index (χ0v) is 12.9. The van der Waals surface area contributed by atoms with E-state index in [4.69, 9.17) is 15.2 Å². The van der Waals surface area contributed by atoms with Crippen LogP contribution in [0.3, 0.4) is 0 Å². The van der Waals surface area contributed by atoms with Crippen molar-refractivity contribution in [1.82, 2.24) is 0 Å². The summed E-state index contributed by atoms with van der Waals surface area (Å²) < 4.78 is 10.9. The molecule has 1 heterocycles. The molecule has 118 valence electrons. The molecule has 5 nitrogen and oxygen atoms in total. The molecule has 1 unspecified atom stereocenters. The van der Waals surface area contributed by atoms with Gasteiger partial charge in [0.15, 0.2) is 0 Å². The Labute approximate surface area is 131 Å². The molecule has 21 heavy (non-hydrogen) atoms. The largest absolute Gasteiger partial charge is 0.492 e. The first-order chi connectivity index (χ1) is 9.78. The molecule has 1 aliphatic rings. The Morgan fingerprint density at radius 3 is 2.76 bits per heavy atom. The first-order valence-corrected chi connectivity index (χ1v) is 7.12. The first kappa shape index (κ1) is 17.8. The Hall–Kier alpha value is -1.30. The van der Waals surface area contributed by atoms with Crippen LogP contribution in [-0.2, 0) is 9.53 Å². The number of amides is 1. The van der Waals surface area contributed by atoms with E-state index in [1.54, 1.807) is 0 Å². The standard InChI is InChI=1S/C15H22N2O3.ClH/c16-9-11-20-14-5-3-12(4-6-14)17-15(18)8-7-13-2-1-10-19-13;/h3-6,13H,1-2,7-11,16H2,(H,17,18);1H. The van der Waals surface area contributed by atoms with Crippen LogP contribution < -0.4 is 15.8 Å². The highest BCUT2D eigenvalue weighted by Gasteiger charge is 2.16. The fourth-order valence-corrected chi connectivity index (χ4v) is 2.20. The summed E-state index contributed by atoms with van der Waals surface area (Å²) in [7, 11) is 0. The molecule has 1 amide bonds. The number of nitrogens with two attached hydrogens (primary N) is 1. The minimum absolute atomic E-state index is 0. The topological polar surface area (TPSA) is 73.6 Å². The van der Waals surface area contributed by atoms with E-state index in [0.717, 1.165) is 37.3 Å². The van der Waals surface area contributed by atoms with Crippen molar-refractivity contribution in [2.75, 3.05) is 25.1 Å². The van der Waals surface area contributed by atoms with E-state index in [2.05, 4.69) is 5.32 Å². The van der Waals surface area contributed by atoms with E-state index in [9.17, 15) is 4.79 Å². The highest BCUT2D eigenvalue weighted by Crippen LogP contribution is 2.18. The monoisotopic (exact) mass is 314 g/mol. The van der Waals surface area contributed by atoms with Crippen LogP contribution in [0.5, 0.6) is 5.75 Å². The third-order valence-electron chi connectivity index (χ3n) is 3.24. The van der Waals surface area contributed by atoms with Crippen LogP contribution >= 0.6 is 12.4 Å². The Morgan fingerprint density at radius 2 is 2.14 bits per heavy atom. The molecule has 1 atom stereocenters. The molecule has 0 radical (unpaired) electrons. The summed E-state index contributed by atoms with van der Waals surface area (Å²) in [5, 5.41) is 2.87. The smallest absolute Gasteiger partial charge is 0.224 e. The molecule has 1 aromatic carbocycles. The van der Waals surface area contributed by atoms with Gasteiger partial charge in [-0.15, -0.1) is 12.4 Å². The van der Waals surface area contributed by atoms with Gasteiger partial charge in [0.25, 0.3) is 0 Å². The second-order valence-electron chi connectivity index (χ2n) is 4.88. The Bertz CT molecular complexity index is 419. The second kappa shape index (κ2) is 9.60. The maximum atomic E-state index is 11.8. The molecule has 1 aliphatic heterocycles. The van der Waals surface area contributed by atoms with Crippen LogP contribution in [0.2, 0.25) is 0 Å². The molecule has 1 aromatic rings. The van der Waals surface area contributed by atoms with Crippen LogP contribution in [0.25, 0.3) is 0 Å². The Morgan fingerprint density at radius 1 is 1.38 bits per heavy atom. The molecule has 0 aliphatic carbocycles. The van der Waals surface area contributed by atoms with Gasteiger partial charge in [-0.3, -0.25) is 4.79 Å². The highest BCUT2D eigenvalue weighted by atomic mass is 35.5. The fourth-order valence-electron chi connectivity index (χ4n) is 2.20. The van der Waals surface area contributed by atoms with Crippen molar-refractivity contribution in [2.45, 2.75) is 31.8 Å². The minimum atomic E-state index is 0. The van der Waals surface area contributed by atoms with E-state index in [0.29, 0.717) is 19.6 Å². The predicted octanol–water partition coefficient (Wildman–Crippen LogP) is 2.34. The molecule has 2 rings (SSSR count). The number of hydrogen-bond acceptors (Lipinski definition) is 4. The van der Waals surface area contributed by atoms with Crippen molar-refractivity contribution in [3.8, 4) is 5.75 Å². The first-order valence-electron chi connectivity index (χ1n) is 7.12. The normalized spacial score (nSPS) is 17.1. The van der Waals surface area contributed by atoms with Crippen molar-refractivity contribution < 1.29 is 14.3 Å². The molecular formula is C15H23ClN2O3. The van der Waals surface area contributed by atoms with E-state index in [1.165, 1.54) is 0 Å². The predicted molar refractivity (Wildman–Crippen MR) is 85.1 cm³/mol. The quantitative estimate of drug-likeness (QED) is 0.810. The lowest BCUT2D eigenvalue weighted by Crippen LogP contribution is -2.15. The van der Waals surface area contributed by atoms with Gasteiger partial charge in [0.05, 0.1) is 6.10 Å². The molecule has 6 heteroatoms. The Balaban J connectivity index is 0.00000220. The third-order valence-corrected chi connectivity index (χ3v) is 3.24. The van der Waals surface area contributed by atoms with Gasteiger partial charge >= 0.3 is 0 Å². The van der Waals surface area contributed by atoms with Crippen molar-refractivity contribution in [2.24, 2.45) is 5.73 Å². The lowest BCUT2D eigenvalue weighted by Gasteiger charge is -2.10. The number of hydrogen-bond donors (Lipinski definition) is 2. The number of carbonyl (C=O) groups excluding carboxylic acids is 1. The van der Waals surface area contributed by atoms with Gasteiger partial charge in [-0.1, -0.05) is 0 Å². The molecule has 0 spiro atoms. The average molecular weight is 315 g/mol. The number of halogens is 1. The van der Waals surface area contributed by atoms with Crippen molar-refractivity contribution in [3.05, 3.63) is 24.3 Å². The van der Waals surface area contributed by atoms with Gasteiger partial charge in [0, 0.05) is 25.3 Å². The van der Waals surface area contributed by atoms with Gasteiger partial charge in [-0.05, 0) is 43.5 Å². The van der Waals surface area contributed by atoms with Gasteiger partial charge < -0.3 is 20.5 Å². The van der Waals surface area contributed by atoms with Crippen LogP contribution in [0.15, 0.2) is 24.3 Å². The number of carbonyl (C=O) groups is 1. The molecule has 0 bridgehead atoms. The van der Waals surface area contributed by atoms with E-state index in [1.807, 2.05) is 24.3 Å². The summed E-state index contributed by atoms with van der Waals surface area (Å²) in [4.78, 5) is 11.8. The van der Waals surface area contributed by atoms with Gasteiger partial charge in [0.1, 0.15) is 12.4 Å². The maximum Gasteiger partial charge on any atom is 0.224 e. The number of rotatable bonds is 7. The van der Waals surface area contributed by atoms with Crippen LogP contribution in [0.1, 0.15) is 25.7 Å². The van der Waals surface area contributed by atoms with Gasteiger partial charge in [-0.2, -0.15) is 0 Å². The zero-order valence-electron chi connectivity index (χ0n) is 12.0. The van der Waals surface area contributed by atoms with Crippen LogP contribution in [-0.4, -0.2) is 31.8 Å². The van der Waals surface area contributed by atoms with Crippen molar-refractivity contribution in [3.63, 3.8) is 0 Å². The molecule has 1 fully saturated rings. The van der Waals surface area contributed by atoms with Crippen molar-refractivity contribution >= 4 is 24.0 Å². The van der Waals surface area contributed by atoms with E-state index < -0.39 is 0 Å². The minimum Gasteiger partial charge on any atom is -0.492 e. The summed E-state index contributed by atoms with van der Waals surface area (Å²) in [6.45, 7) is 1.81. The summed E-state index contributed by atoms with van der Waals surface area (Å²) >= 11 is 0. The maximum absolute atomic E-state index is 11.8. The Kier molecular flexibility index (Phi) is 8.12. The number of benzene rings is 1. The van der Waals surface area contributed by atoms with E-state index in [-0.39, 0.29) is 24.4 Å². The molecule has 0 saturated carbocycles. The lowest BCUT2D eigenvalue weighted by molar-refractivity contribution is -0.116. The molecular weight excluding hydrogens is 292 g/mol. The number of nitrogens with one attached hydrogen (secondary N) is 1. The SMILES string of the molecule is Cl.NCCOc1ccc(NC(=O)CCC2CCCO2)cc1. The molecule has 3 N–H and O–H groups in total. The van der Waals surface area contributed by atoms with E-state index >= 15 is 0 Å². The lowest BCUT2D eigenvalue weighted by atomic mass is 10.1. The highest BCUT2D eigenvalue weighted by molar-refractivity contribution is 5.90. The average Bonchev–Trinajstić information content (AvgIpc) is 2.98. The zero-order chi connectivity index (χ0) is 14.2. The third kappa shape index (κ3) is 6.33. The summed E-state index contributed by atoms with van der Waals surface area (Å²) in [5.41, 5.74) is 6.14. The fraction of sp³-hybridized carbons (Fsp3) is 0.533. The number of anilines is 1. The number of ether oxygens (including phenoxy) is 2. The second-order valence-corrected chi connectivity index (χ2v) is 4.88. The van der Waals surface area contributed by atoms with Gasteiger partial charge in [0.2, 0.25) is 5.91 Å². The summed E-state index contributed by atoms with van der Waals surface area (Å²) in [5.74, 6) is 0.781. The van der Waals surface area contributed by atoms with Crippen molar-refractivity contribution in [1.29, 1.82) is 0 Å². The summed E-state index contributed by atoms with van der Waals surface area (Å²) in [6, 6.07) is 7.31. The van der Waals surface area contributed by atoms with Gasteiger partial charge in [-0.25, -0.2) is 0 Å². The molecule has 1 saturated heterocycles.